The van der Waals surface area contributed by atoms with Crippen LogP contribution in [0.1, 0.15) is 12.5 Å². The molecule has 0 heterocycles. The van der Waals surface area contributed by atoms with Crippen LogP contribution in [0.15, 0.2) is 24.3 Å². The van der Waals surface area contributed by atoms with E-state index in [0.29, 0.717) is 18.7 Å². The smallest absolute Gasteiger partial charge is 0.387 e. The van der Waals surface area contributed by atoms with E-state index in [1.165, 1.54) is 32.4 Å². The van der Waals surface area contributed by atoms with Crippen LogP contribution in [0.4, 0.5) is 8.78 Å². The summed E-state index contributed by atoms with van der Waals surface area (Å²) in [4.78, 5) is 12.0. The number of nitrogens with one attached hydrogen (secondary N) is 1. The van der Waals surface area contributed by atoms with Crippen LogP contribution in [0, 0.1) is 0 Å². The van der Waals surface area contributed by atoms with Crippen LogP contribution < -0.4 is 10.1 Å². The third-order valence-electron chi connectivity index (χ3n) is 3.01. The third kappa shape index (κ3) is 4.64. The Hall–Kier alpha value is -1.73. The van der Waals surface area contributed by atoms with Crippen LogP contribution in [-0.4, -0.2) is 40.0 Å². The lowest BCUT2D eigenvalue weighted by atomic mass is 9.91. The van der Waals surface area contributed by atoms with Gasteiger partial charge in [0.1, 0.15) is 11.3 Å². The van der Waals surface area contributed by atoms with Crippen molar-refractivity contribution in [2.24, 2.45) is 0 Å². The highest BCUT2D eigenvalue weighted by Gasteiger charge is 2.36. The average Bonchev–Trinajstić information content (AvgIpc) is 2.46. The first kappa shape index (κ1) is 17.3. The zero-order chi connectivity index (χ0) is 15.9. The lowest BCUT2D eigenvalue weighted by Crippen LogP contribution is -2.48. The van der Waals surface area contributed by atoms with E-state index in [2.05, 4.69) is 10.1 Å². The molecule has 0 aliphatic heterocycles. The van der Waals surface area contributed by atoms with Gasteiger partial charge in [0, 0.05) is 13.7 Å². The summed E-state index contributed by atoms with van der Waals surface area (Å²) in [6.45, 7) is -0.538. The lowest BCUT2D eigenvalue weighted by molar-refractivity contribution is -0.148. The number of esters is 1. The van der Waals surface area contributed by atoms with E-state index in [0.717, 1.165) is 0 Å². The summed E-state index contributed by atoms with van der Waals surface area (Å²) in [5.41, 5.74) is -0.724. The van der Waals surface area contributed by atoms with E-state index < -0.39 is 18.1 Å². The van der Waals surface area contributed by atoms with E-state index in [1.54, 1.807) is 13.0 Å². The van der Waals surface area contributed by atoms with Crippen molar-refractivity contribution in [2.75, 3.05) is 27.4 Å². The summed E-state index contributed by atoms with van der Waals surface area (Å²) in [7, 11) is 2.80. The van der Waals surface area contributed by atoms with Gasteiger partial charge < -0.3 is 14.2 Å². The number of methoxy groups -OCH3 is 2. The zero-order valence-electron chi connectivity index (χ0n) is 12.2. The van der Waals surface area contributed by atoms with Crippen LogP contribution >= 0.6 is 0 Å². The van der Waals surface area contributed by atoms with Crippen LogP contribution in [-0.2, 0) is 19.8 Å². The van der Waals surface area contributed by atoms with Crippen LogP contribution in [0.5, 0.6) is 5.75 Å². The average molecular weight is 303 g/mol. The number of carbonyl (C=O) groups is 1. The number of hydrogen-bond acceptors (Lipinski definition) is 5. The van der Waals surface area contributed by atoms with E-state index in [4.69, 9.17) is 9.47 Å². The summed E-state index contributed by atoms with van der Waals surface area (Å²) in [6, 6.07) is 5.94. The van der Waals surface area contributed by atoms with Crippen LogP contribution in [0.3, 0.4) is 0 Å². The minimum Gasteiger partial charge on any atom is -0.467 e. The van der Waals surface area contributed by atoms with Crippen molar-refractivity contribution < 1.29 is 27.8 Å². The Balaban J connectivity index is 3.04. The molecule has 118 valence electrons. The first-order valence-electron chi connectivity index (χ1n) is 6.31. The van der Waals surface area contributed by atoms with E-state index in [1.807, 2.05) is 0 Å². The molecular weight excluding hydrogens is 284 g/mol. The first-order chi connectivity index (χ1) is 9.93. The Morgan fingerprint density at radius 2 is 2.10 bits per heavy atom. The second-order valence-corrected chi connectivity index (χ2v) is 4.44. The van der Waals surface area contributed by atoms with Gasteiger partial charge in [-0.25, -0.2) is 4.79 Å². The highest BCUT2D eigenvalue weighted by molar-refractivity contribution is 5.82. The highest BCUT2D eigenvalue weighted by atomic mass is 19.3. The summed E-state index contributed by atoms with van der Waals surface area (Å²) in [6.07, 6.45) is 0. The molecule has 5 nitrogen and oxygen atoms in total. The van der Waals surface area contributed by atoms with Gasteiger partial charge >= 0.3 is 12.6 Å². The molecule has 21 heavy (non-hydrogen) atoms. The van der Waals surface area contributed by atoms with Crippen LogP contribution in [0.2, 0.25) is 0 Å². The predicted molar refractivity (Wildman–Crippen MR) is 72.3 cm³/mol. The normalized spacial score (nSPS) is 13.8. The van der Waals surface area contributed by atoms with Crippen molar-refractivity contribution in [2.45, 2.75) is 19.1 Å². The molecule has 0 radical (unpaired) electrons. The molecule has 1 aromatic rings. The Kier molecular flexibility index (Phi) is 6.51. The fraction of sp³-hybridized carbons (Fsp3) is 0.500. The largest absolute Gasteiger partial charge is 0.467 e. The Bertz CT molecular complexity index is 470. The fourth-order valence-electron chi connectivity index (χ4n) is 1.88. The van der Waals surface area contributed by atoms with Crippen molar-refractivity contribution in [1.82, 2.24) is 5.32 Å². The zero-order valence-corrected chi connectivity index (χ0v) is 12.2. The molecule has 0 amide bonds. The molecule has 1 unspecified atom stereocenters. The number of alkyl halides is 2. The van der Waals surface area contributed by atoms with Gasteiger partial charge in [0.15, 0.2) is 0 Å². The Labute approximate surface area is 122 Å². The highest BCUT2D eigenvalue weighted by Crippen LogP contribution is 2.26. The Morgan fingerprint density at radius 1 is 1.38 bits per heavy atom. The standard InChI is InChI=1S/C14H19F2NO4/c1-14(12(18)20-3,17-7-8-19-2)10-5-4-6-11(9-10)21-13(15)16/h4-6,9,13,17H,7-8H2,1-3H3. The van der Waals surface area contributed by atoms with Crippen molar-refractivity contribution in [3.63, 3.8) is 0 Å². The number of benzene rings is 1. The molecule has 0 spiro atoms. The molecule has 1 N–H and O–H groups in total. The van der Waals surface area contributed by atoms with Gasteiger partial charge in [-0.15, -0.1) is 0 Å². The topological polar surface area (TPSA) is 56.8 Å². The molecular formula is C14H19F2NO4. The van der Waals surface area contributed by atoms with Crippen molar-refractivity contribution in [3.05, 3.63) is 29.8 Å². The second-order valence-electron chi connectivity index (χ2n) is 4.44. The van der Waals surface area contributed by atoms with Gasteiger partial charge in [-0.05, 0) is 24.6 Å². The summed E-state index contributed by atoms with van der Waals surface area (Å²) in [5, 5.41) is 3.00. The van der Waals surface area contributed by atoms with E-state index >= 15 is 0 Å². The quantitative estimate of drug-likeness (QED) is 0.587. The van der Waals surface area contributed by atoms with Crippen LogP contribution in [0.25, 0.3) is 0 Å². The SMILES string of the molecule is COCCNC(C)(C(=O)OC)c1cccc(OC(F)F)c1. The number of rotatable bonds is 8. The lowest BCUT2D eigenvalue weighted by Gasteiger charge is -2.28. The molecule has 7 heteroatoms. The summed E-state index contributed by atoms with van der Waals surface area (Å²) < 4.78 is 38.6. The maximum absolute atomic E-state index is 12.3. The number of hydrogen-bond donors (Lipinski definition) is 1. The molecule has 0 bridgehead atoms. The molecule has 0 aromatic heterocycles. The predicted octanol–water partition coefficient (Wildman–Crippen LogP) is 1.91. The number of carbonyl (C=O) groups excluding carboxylic acids is 1. The summed E-state index contributed by atoms with van der Waals surface area (Å²) >= 11 is 0. The molecule has 1 rings (SSSR count). The van der Waals surface area contributed by atoms with Crippen molar-refractivity contribution in [1.29, 1.82) is 0 Å². The molecule has 0 saturated heterocycles. The number of ether oxygens (including phenoxy) is 3. The monoisotopic (exact) mass is 303 g/mol. The minimum atomic E-state index is -2.92. The van der Waals surface area contributed by atoms with Crippen molar-refractivity contribution in [3.8, 4) is 5.75 Å². The van der Waals surface area contributed by atoms with Gasteiger partial charge in [-0.2, -0.15) is 8.78 Å². The Morgan fingerprint density at radius 3 is 2.67 bits per heavy atom. The molecule has 0 aliphatic rings. The van der Waals surface area contributed by atoms with Crippen molar-refractivity contribution >= 4 is 5.97 Å². The molecule has 1 aromatic carbocycles. The van der Waals surface area contributed by atoms with E-state index in [9.17, 15) is 13.6 Å². The van der Waals surface area contributed by atoms with Gasteiger partial charge in [0.05, 0.1) is 13.7 Å². The maximum atomic E-state index is 12.3. The third-order valence-corrected chi connectivity index (χ3v) is 3.01. The van der Waals surface area contributed by atoms with Gasteiger partial charge in [-0.3, -0.25) is 5.32 Å². The maximum Gasteiger partial charge on any atom is 0.387 e. The van der Waals surface area contributed by atoms with E-state index in [-0.39, 0.29) is 5.75 Å². The second kappa shape index (κ2) is 7.90. The minimum absolute atomic E-state index is 0.0221. The number of halogens is 2. The molecule has 0 aliphatic carbocycles. The summed E-state index contributed by atoms with van der Waals surface area (Å²) in [5.74, 6) is -0.557. The van der Waals surface area contributed by atoms with Gasteiger partial charge in [-0.1, -0.05) is 12.1 Å². The van der Waals surface area contributed by atoms with Gasteiger partial charge in [0.2, 0.25) is 0 Å². The molecule has 0 fully saturated rings. The fourth-order valence-corrected chi connectivity index (χ4v) is 1.88. The molecule has 0 saturated carbocycles. The van der Waals surface area contributed by atoms with Gasteiger partial charge in [0.25, 0.3) is 0 Å². The first-order valence-corrected chi connectivity index (χ1v) is 6.31. The molecule has 1 atom stereocenters.